The van der Waals surface area contributed by atoms with Crippen molar-refractivity contribution in [2.24, 2.45) is 0 Å². The molecule has 0 radical (unpaired) electrons. The van der Waals surface area contributed by atoms with E-state index in [1.165, 1.54) is 16.2 Å². The number of aromatic nitrogens is 2. The second-order valence-corrected chi connectivity index (χ2v) is 6.67. The Morgan fingerprint density at radius 1 is 1.00 bits per heavy atom. The standard InChI is InChI=1S/C20H15ClF3N3/c21-27-18-10-11-26(12-14-6-8-16(9-7-14)20(22,23)24)13-17(18)25-19(27)15-4-2-1-3-5-15/h1-11H,12-13H2. The third-order valence-electron chi connectivity index (χ3n) is 4.43. The van der Waals surface area contributed by atoms with E-state index >= 15 is 0 Å². The summed E-state index contributed by atoms with van der Waals surface area (Å²) in [6.45, 7) is 1.02. The summed E-state index contributed by atoms with van der Waals surface area (Å²) < 4.78 is 39.6. The van der Waals surface area contributed by atoms with Crippen molar-refractivity contribution in [1.82, 2.24) is 14.0 Å². The van der Waals surface area contributed by atoms with E-state index in [0.717, 1.165) is 34.6 Å². The fourth-order valence-corrected chi connectivity index (χ4v) is 3.35. The number of benzene rings is 2. The maximum atomic E-state index is 12.7. The van der Waals surface area contributed by atoms with Crippen LogP contribution in [0.3, 0.4) is 0 Å². The van der Waals surface area contributed by atoms with Gasteiger partial charge in [-0.05, 0) is 23.8 Å². The highest BCUT2D eigenvalue weighted by atomic mass is 35.5. The molecule has 1 aromatic heterocycles. The highest BCUT2D eigenvalue weighted by molar-refractivity contribution is 6.18. The molecule has 27 heavy (non-hydrogen) atoms. The first-order valence-corrected chi connectivity index (χ1v) is 8.67. The minimum absolute atomic E-state index is 0.490. The molecule has 1 aliphatic rings. The van der Waals surface area contributed by atoms with Crippen LogP contribution in [0.15, 0.2) is 60.8 Å². The summed E-state index contributed by atoms with van der Waals surface area (Å²) >= 11 is 6.42. The van der Waals surface area contributed by atoms with E-state index in [4.69, 9.17) is 11.8 Å². The summed E-state index contributed by atoms with van der Waals surface area (Å²) in [5.41, 5.74) is 2.72. The quantitative estimate of drug-likeness (QED) is 0.585. The number of fused-ring (bicyclic) bond motifs is 1. The third kappa shape index (κ3) is 3.57. The Balaban J connectivity index is 1.52. The van der Waals surface area contributed by atoms with Gasteiger partial charge in [0.1, 0.15) is 0 Å². The van der Waals surface area contributed by atoms with Gasteiger partial charge in [0.05, 0.1) is 23.5 Å². The predicted octanol–water partition coefficient (Wildman–Crippen LogP) is 5.56. The molecule has 0 bridgehead atoms. The molecule has 1 aliphatic heterocycles. The molecule has 0 N–H and O–H groups in total. The molecule has 0 unspecified atom stereocenters. The highest BCUT2D eigenvalue weighted by Gasteiger charge is 2.30. The van der Waals surface area contributed by atoms with Gasteiger partial charge in [-0.2, -0.15) is 13.2 Å². The van der Waals surface area contributed by atoms with E-state index in [-0.39, 0.29) is 0 Å². The van der Waals surface area contributed by atoms with Crippen LogP contribution in [0.4, 0.5) is 13.2 Å². The molecule has 0 spiro atoms. The molecule has 3 nitrogen and oxygen atoms in total. The largest absolute Gasteiger partial charge is 0.416 e. The van der Waals surface area contributed by atoms with E-state index in [1.807, 2.05) is 47.5 Å². The fourth-order valence-electron chi connectivity index (χ4n) is 3.06. The lowest BCUT2D eigenvalue weighted by Crippen LogP contribution is -2.20. The van der Waals surface area contributed by atoms with Gasteiger partial charge in [0.15, 0.2) is 5.82 Å². The van der Waals surface area contributed by atoms with Gasteiger partial charge < -0.3 is 4.90 Å². The summed E-state index contributed by atoms with van der Waals surface area (Å²) in [5, 5.41) is 0. The second-order valence-electron chi connectivity index (χ2n) is 6.33. The van der Waals surface area contributed by atoms with Crippen LogP contribution >= 0.6 is 11.8 Å². The van der Waals surface area contributed by atoms with E-state index in [2.05, 4.69) is 4.98 Å². The van der Waals surface area contributed by atoms with Crippen LogP contribution in [0.25, 0.3) is 17.5 Å². The molecule has 0 saturated carbocycles. The molecule has 3 aromatic rings. The fraction of sp³-hybridized carbons (Fsp3) is 0.150. The van der Waals surface area contributed by atoms with Crippen LogP contribution in [-0.2, 0) is 19.3 Å². The molecule has 7 heteroatoms. The number of imidazole rings is 1. The van der Waals surface area contributed by atoms with Crippen molar-refractivity contribution in [3.8, 4) is 11.4 Å². The van der Waals surface area contributed by atoms with Gasteiger partial charge in [0.25, 0.3) is 0 Å². The van der Waals surface area contributed by atoms with Crippen molar-refractivity contribution in [3.63, 3.8) is 0 Å². The molecule has 0 atom stereocenters. The Hall–Kier alpha value is -2.73. The Morgan fingerprint density at radius 2 is 1.70 bits per heavy atom. The first kappa shape index (κ1) is 17.7. The van der Waals surface area contributed by atoms with Crippen LogP contribution in [0, 0.1) is 0 Å². The topological polar surface area (TPSA) is 21.1 Å². The van der Waals surface area contributed by atoms with Gasteiger partial charge in [-0.1, -0.05) is 42.5 Å². The van der Waals surface area contributed by atoms with Crippen LogP contribution in [0.5, 0.6) is 0 Å². The normalized spacial score (nSPS) is 13.7. The van der Waals surface area contributed by atoms with Crippen molar-refractivity contribution >= 4 is 17.9 Å². The molecular formula is C20H15ClF3N3. The Bertz CT molecular complexity index is 976. The zero-order valence-corrected chi connectivity index (χ0v) is 14.9. The molecule has 2 heterocycles. The van der Waals surface area contributed by atoms with Gasteiger partial charge in [-0.3, -0.25) is 0 Å². The number of hydrogen-bond acceptors (Lipinski definition) is 2. The zero-order valence-electron chi connectivity index (χ0n) is 14.1. The van der Waals surface area contributed by atoms with Gasteiger partial charge in [0.2, 0.25) is 0 Å². The van der Waals surface area contributed by atoms with Crippen molar-refractivity contribution in [3.05, 3.63) is 83.3 Å². The summed E-state index contributed by atoms with van der Waals surface area (Å²) in [6, 6.07) is 14.9. The van der Waals surface area contributed by atoms with Crippen molar-refractivity contribution in [2.75, 3.05) is 0 Å². The highest BCUT2D eigenvalue weighted by Crippen LogP contribution is 2.31. The molecule has 138 valence electrons. The van der Waals surface area contributed by atoms with Crippen LogP contribution in [-0.4, -0.2) is 14.0 Å². The lowest BCUT2D eigenvalue weighted by molar-refractivity contribution is -0.137. The average Bonchev–Trinajstić information content (AvgIpc) is 2.98. The van der Waals surface area contributed by atoms with Crippen LogP contribution in [0.2, 0.25) is 0 Å². The van der Waals surface area contributed by atoms with Crippen molar-refractivity contribution in [2.45, 2.75) is 19.3 Å². The third-order valence-corrected chi connectivity index (χ3v) is 4.77. The Morgan fingerprint density at radius 3 is 2.37 bits per heavy atom. The molecule has 2 aromatic carbocycles. The maximum absolute atomic E-state index is 12.7. The molecule has 0 fully saturated rings. The summed E-state index contributed by atoms with van der Waals surface area (Å²) in [6.07, 6.45) is -0.565. The lowest BCUT2D eigenvalue weighted by atomic mass is 10.1. The minimum Gasteiger partial charge on any atom is -0.367 e. The Kier molecular flexibility index (Phi) is 4.44. The number of alkyl halides is 3. The maximum Gasteiger partial charge on any atom is 0.416 e. The molecule has 4 rings (SSSR count). The van der Waals surface area contributed by atoms with Crippen molar-refractivity contribution < 1.29 is 13.2 Å². The van der Waals surface area contributed by atoms with Gasteiger partial charge in [0, 0.05) is 30.1 Å². The first-order valence-electron chi connectivity index (χ1n) is 8.33. The van der Waals surface area contributed by atoms with Gasteiger partial charge in [-0.25, -0.2) is 9.07 Å². The molecular weight excluding hydrogens is 375 g/mol. The molecule has 0 saturated heterocycles. The second kappa shape index (κ2) is 6.78. The number of halogens is 4. The van der Waals surface area contributed by atoms with E-state index in [0.29, 0.717) is 18.9 Å². The number of hydrogen-bond donors (Lipinski definition) is 0. The lowest BCUT2D eigenvalue weighted by Gasteiger charge is -2.23. The van der Waals surface area contributed by atoms with E-state index in [1.54, 1.807) is 0 Å². The molecule has 0 aliphatic carbocycles. The monoisotopic (exact) mass is 389 g/mol. The Labute approximate surface area is 159 Å². The van der Waals surface area contributed by atoms with Crippen molar-refractivity contribution in [1.29, 1.82) is 0 Å². The summed E-state index contributed by atoms with van der Waals surface area (Å²) in [7, 11) is 0. The van der Waals surface area contributed by atoms with Crippen LogP contribution < -0.4 is 0 Å². The van der Waals surface area contributed by atoms with Gasteiger partial charge >= 0.3 is 6.18 Å². The van der Waals surface area contributed by atoms with Gasteiger partial charge in [-0.15, -0.1) is 0 Å². The minimum atomic E-state index is -4.32. The van der Waals surface area contributed by atoms with Crippen LogP contribution in [0.1, 0.15) is 22.5 Å². The number of rotatable bonds is 3. The summed E-state index contributed by atoms with van der Waals surface area (Å²) in [4.78, 5) is 6.64. The zero-order chi connectivity index (χ0) is 19.0. The average molecular weight is 390 g/mol. The summed E-state index contributed by atoms with van der Waals surface area (Å²) in [5.74, 6) is 0.670. The smallest absolute Gasteiger partial charge is 0.367 e. The molecule has 0 amide bonds. The van der Waals surface area contributed by atoms with E-state index < -0.39 is 11.7 Å². The predicted molar refractivity (Wildman–Crippen MR) is 98.6 cm³/mol. The first-order chi connectivity index (χ1) is 12.9. The van der Waals surface area contributed by atoms with E-state index in [9.17, 15) is 13.2 Å². The number of nitrogens with zero attached hydrogens (tertiary/aromatic N) is 3. The SMILES string of the molecule is FC(F)(F)c1ccc(CN2C=Cc3c(nc(-c4ccccc4)n3Cl)C2)cc1.